The van der Waals surface area contributed by atoms with Gasteiger partial charge in [-0.1, -0.05) is 6.07 Å². The maximum Gasteiger partial charge on any atom is 0.182 e. The van der Waals surface area contributed by atoms with Gasteiger partial charge in [-0.25, -0.2) is 12.8 Å². The molecule has 0 saturated heterocycles. The molecule has 0 saturated carbocycles. The lowest BCUT2D eigenvalue weighted by Crippen LogP contribution is -2.07. The monoisotopic (exact) mass is 248 g/mol. The topological polar surface area (TPSA) is 63.6 Å². The lowest BCUT2D eigenvalue weighted by atomic mass is 10.1. The molecule has 1 rings (SSSR count). The van der Waals surface area contributed by atoms with Gasteiger partial charge in [0, 0.05) is 12.9 Å². The molecule has 1 aromatic rings. The van der Waals surface area contributed by atoms with Gasteiger partial charge in [0.05, 0.1) is 7.11 Å². The molecule has 0 radical (unpaired) electrons. The lowest BCUT2D eigenvalue weighted by molar-refractivity contribution is 0.297. The van der Waals surface area contributed by atoms with Gasteiger partial charge >= 0.3 is 0 Å². The number of benzene rings is 1. The van der Waals surface area contributed by atoms with E-state index in [1.165, 1.54) is 19.2 Å². The minimum atomic E-state index is -3.70. The Morgan fingerprint density at radius 3 is 2.50 bits per heavy atom. The molecule has 16 heavy (non-hydrogen) atoms. The van der Waals surface area contributed by atoms with Crippen molar-refractivity contribution in [3.8, 4) is 5.75 Å². The van der Waals surface area contributed by atoms with Crippen LogP contribution in [0.25, 0.3) is 0 Å². The minimum absolute atomic E-state index is 0.0262. The second-order valence-electron chi connectivity index (χ2n) is 3.32. The fraction of sp³-hybridized carbons (Fsp3) is 0.400. The van der Waals surface area contributed by atoms with E-state index in [0.29, 0.717) is 0 Å². The van der Waals surface area contributed by atoms with Gasteiger partial charge in [0.2, 0.25) is 0 Å². The number of sulfone groups is 1. The highest BCUT2D eigenvalue weighted by Crippen LogP contribution is 2.28. The van der Waals surface area contributed by atoms with Crippen LogP contribution in [0.3, 0.4) is 0 Å². The summed E-state index contributed by atoms with van der Waals surface area (Å²) in [5.74, 6) is -0.877. The average molecular weight is 248 g/mol. The van der Waals surface area contributed by atoms with E-state index >= 15 is 0 Å². The van der Waals surface area contributed by atoms with E-state index in [4.69, 9.17) is 9.84 Å². The fourth-order valence-corrected chi connectivity index (χ4v) is 2.37. The van der Waals surface area contributed by atoms with E-state index in [9.17, 15) is 12.8 Å². The second kappa shape index (κ2) is 4.80. The van der Waals surface area contributed by atoms with Gasteiger partial charge in [-0.05, 0) is 18.1 Å². The first-order valence-electron chi connectivity index (χ1n) is 4.58. The first-order chi connectivity index (χ1) is 7.41. The molecule has 0 aromatic heterocycles. The molecule has 4 nitrogen and oxygen atoms in total. The van der Waals surface area contributed by atoms with Crippen molar-refractivity contribution in [3.63, 3.8) is 0 Å². The standard InChI is InChI=1S/C10H13FO4S/c1-15-8-4-3-7(5-6-12)9(11)10(8)16(2,13)14/h3-4,12H,5-6H2,1-2H3. The summed E-state index contributed by atoms with van der Waals surface area (Å²) in [6.07, 6.45) is 0.981. The molecule has 0 heterocycles. The summed E-state index contributed by atoms with van der Waals surface area (Å²) in [6.45, 7) is -0.244. The smallest absolute Gasteiger partial charge is 0.182 e. The summed E-state index contributed by atoms with van der Waals surface area (Å²) in [6, 6.07) is 2.78. The van der Waals surface area contributed by atoms with E-state index in [0.717, 1.165) is 6.26 Å². The molecule has 0 spiro atoms. The minimum Gasteiger partial charge on any atom is -0.495 e. The zero-order valence-electron chi connectivity index (χ0n) is 9.03. The van der Waals surface area contributed by atoms with E-state index in [1.807, 2.05) is 0 Å². The van der Waals surface area contributed by atoms with Gasteiger partial charge in [0.25, 0.3) is 0 Å². The van der Waals surface area contributed by atoms with Crippen LogP contribution in [-0.4, -0.2) is 33.5 Å². The van der Waals surface area contributed by atoms with Crippen molar-refractivity contribution in [2.24, 2.45) is 0 Å². The van der Waals surface area contributed by atoms with Gasteiger partial charge in [0.1, 0.15) is 16.5 Å². The third-order valence-electron chi connectivity index (χ3n) is 2.11. The fourth-order valence-electron chi connectivity index (χ4n) is 1.40. The van der Waals surface area contributed by atoms with Crippen LogP contribution in [0.15, 0.2) is 17.0 Å². The van der Waals surface area contributed by atoms with Gasteiger partial charge < -0.3 is 9.84 Å². The number of aliphatic hydroxyl groups excluding tert-OH is 1. The Bertz CT molecular complexity index is 482. The van der Waals surface area contributed by atoms with Crippen LogP contribution in [0, 0.1) is 5.82 Å². The van der Waals surface area contributed by atoms with Crippen molar-refractivity contribution < 1.29 is 22.7 Å². The Balaban J connectivity index is 3.47. The number of hydrogen-bond donors (Lipinski definition) is 1. The van der Waals surface area contributed by atoms with E-state index in [1.54, 1.807) is 0 Å². The molecule has 6 heteroatoms. The van der Waals surface area contributed by atoms with Crippen LogP contribution in [0.2, 0.25) is 0 Å². The van der Waals surface area contributed by atoms with Crippen molar-refractivity contribution in [1.82, 2.24) is 0 Å². The van der Waals surface area contributed by atoms with Crippen LogP contribution < -0.4 is 4.74 Å². The number of aliphatic hydroxyl groups is 1. The summed E-state index contributed by atoms with van der Waals surface area (Å²) in [5.41, 5.74) is 0.156. The van der Waals surface area contributed by atoms with Crippen LogP contribution in [0.4, 0.5) is 4.39 Å². The van der Waals surface area contributed by atoms with Crippen LogP contribution in [0.1, 0.15) is 5.56 Å². The summed E-state index contributed by atoms with van der Waals surface area (Å²) in [7, 11) is -2.43. The number of methoxy groups -OCH3 is 1. The lowest BCUT2D eigenvalue weighted by Gasteiger charge is -2.10. The predicted molar refractivity (Wildman–Crippen MR) is 56.9 cm³/mol. The third-order valence-corrected chi connectivity index (χ3v) is 3.23. The average Bonchev–Trinajstić information content (AvgIpc) is 2.19. The number of ether oxygens (including phenoxy) is 1. The Hall–Kier alpha value is -1.14. The van der Waals surface area contributed by atoms with Crippen molar-refractivity contribution in [3.05, 3.63) is 23.5 Å². The highest BCUT2D eigenvalue weighted by molar-refractivity contribution is 7.90. The molecule has 90 valence electrons. The summed E-state index contributed by atoms with van der Waals surface area (Å²) in [5, 5.41) is 8.72. The maximum absolute atomic E-state index is 13.8. The van der Waals surface area contributed by atoms with Crippen molar-refractivity contribution in [1.29, 1.82) is 0 Å². The largest absolute Gasteiger partial charge is 0.495 e. The molecule has 1 N–H and O–H groups in total. The van der Waals surface area contributed by atoms with E-state index in [2.05, 4.69) is 0 Å². The summed E-state index contributed by atoms with van der Waals surface area (Å²) < 4.78 is 41.5. The van der Waals surface area contributed by atoms with Gasteiger partial charge in [-0.3, -0.25) is 0 Å². The van der Waals surface area contributed by atoms with Crippen LogP contribution >= 0.6 is 0 Å². The normalized spacial score (nSPS) is 11.5. The molecule has 0 aliphatic heterocycles. The molecule has 0 atom stereocenters. The van der Waals surface area contributed by atoms with E-state index in [-0.39, 0.29) is 24.3 Å². The molecule has 0 aliphatic rings. The Morgan fingerprint density at radius 1 is 1.44 bits per heavy atom. The molecule has 0 bridgehead atoms. The third kappa shape index (κ3) is 2.51. The van der Waals surface area contributed by atoms with Crippen LogP contribution in [-0.2, 0) is 16.3 Å². The molecule has 0 amide bonds. The SMILES string of the molecule is COc1ccc(CCO)c(F)c1S(C)(=O)=O. The van der Waals surface area contributed by atoms with Crippen molar-refractivity contribution >= 4 is 9.84 Å². The Morgan fingerprint density at radius 2 is 2.06 bits per heavy atom. The molecule has 0 aliphatic carbocycles. The van der Waals surface area contributed by atoms with Gasteiger partial charge in [-0.2, -0.15) is 0 Å². The second-order valence-corrected chi connectivity index (χ2v) is 5.27. The van der Waals surface area contributed by atoms with Crippen molar-refractivity contribution in [2.75, 3.05) is 20.0 Å². The van der Waals surface area contributed by atoms with Crippen LogP contribution in [0.5, 0.6) is 5.75 Å². The first kappa shape index (κ1) is 12.9. The Labute approximate surface area is 93.6 Å². The maximum atomic E-state index is 13.8. The van der Waals surface area contributed by atoms with Crippen molar-refractivity contribution in [2.45, 2.75) is 11.3 Å². The number of hydrogen-bond acceptors (Lipinski definition) is 4. The van der Waals surface area contributed by atoms with Gasteiger partial charge in [-0.15, -0.1) is 0 Å². The molecular weight excluding hydrogens is 235 g/mol. The molecular formula is C10H13FO4S. The zero-order valence-corrected chi connectivity index (χ0v) is 9.84. The predicted octanol–water partition coefficient (Wildman–Crippen LogP) is 0.773. The quantitative estimate of drug-likeness (QED) is 0.855. The Kier molecular flexibility index (Phi) is 3.88. The highest BCUT2D eigenvalue weighted by atomic mass is 32.2. The van der Waals surface area contributed by atoms with Gasteiger partial charge in [0.15, 0.2) is 9.84 Å². The first-order valence-corrected chi connectivity index (χ1v) is 6.47. The molecule has 0 fully saturated rings. The zero-order chi connectivity index (χ0) is 12.3. The number of halogens is 1. The van der Waals surface area contributed by atoms with E-state index < -0.39 is 20.5 Å². The highest BCUT2D eigenvalue weighted by Gasteiger charge is 2.22. The summed E-state index contributed by atoms with van der Waals surface area (Å²) >= 11 is 0. The molecule has 1 aromatic carbocycles. The summed E-state index contributed by atoms with van der Waals surface area (Å²) in [4.78, 5) is -0.457. The number of rotatable bonds is 4. The molecule has 0 unspecified atom stereocenters.